The second kappa shape index (κ2) is 10.8. The van der Waals surface area contributed by atoms with Crippen molar-refractivity contribution in [2.45, 2.75) is 25.8 Å². The van der Waals surface area contributed by atoms with Gasteiger partial charge < -0.3 is 15.4 Å². The maximum absolute atomic E-state index is 12.3. The number of nitrogens with one attached hydrogen (secondary N) is 2. The third-order valence-electron chi connectivity index (χ3n) is 4.62. The molecular formula is C25H26N2O3. The molecule has 0 heterocycles. The van der Waals surface area contributed by atoms with Crippen molar-refractivity contribution in [2.75, 3.05) is 6.54 Å². The van der Waals surface area contributed by atoms with Crippen molar-refractivity contribution in [2.24, 2.45) is 0 Å². The van der Waals surface area contributed by atoms with Crippen LogP contribution in [0.15, 0.2) is 84.9 Å². The standard InChI is InChI=1S/C25H26N2O3/c1-19(12-13-20-8-4-2-5-9-20)27-24(28)18-26-25(29)21-14-16-23(17-15-21)30-22-10-6-3-7-11-22/h2-11,14-17,19H,12-13,18H2,1H3,(H,26,29)(H,27,28)/t19-/m0/s1. The minimum Gasteiger partial charge on any atom is -0.457 e. The van der Waals surface area contributed by atoms with Gasteiger partial charge in [0.1, 0.15) is 11.5 Å². The van der Waals surface area contributed by atoms with Gasteiger partial charge in [0.05, 0.1) is 6.54 Å². The Morgan fingerprint density at radius 3 is 2.10 bits per heavy atom. The Hall–Kier alpha value is -3.60. The number of para-hydroxylation sites is 1. The number of hydrogen-bond acceptors (Lipinski definition) is 3. The van der Waals surface area contributed by atoms with Crippen molar-refractivity contribution >= 4 is 11.8 Å². The smallest absolute Gasteiger partial charge is 0.251 e. The van der Waals surface area contributed by atoms with E-state index in [9.17, 15) is 9.59 Å². The van der Waals surface area contributed by atoms with Crippen LogP contribution in [0.2, 0.25) is 0 Å². The summed E-state index contributed by atoms with van der Waals surface area (Å²) in [6, 6.07) is 26.4. The van der Waals surface area contributed by atoms with Crippen molar-refractivity contribution in [3.05, 3.63) is 96.1 Å². The second-order valence-corrected chi connectivity index (χ2v) is 7.12. The third kappa shape index (κ3) is 6.78. The molecule has 2 N–H and O–H groups in total. The van der Waals surface area contributed by atoms with Gasteiger partial charge in [-0.05, 0) is 61.7 Å². The molecule has 3 aromatic carbocycles. The Bertz CT molecular complexity index is 941. The van der Waals surface area contributed by atoms with Gasteiger partial charge in [-0.1, -0.05) is 48.5 Å². The van der Waals surface area contributed by atoms with Crippen LogP contribution in [-0.2, 0) is 11.2 Å². The van der Waals surface area contributed by atoms with Crippen LogP contribution in [-0.4, -0.2) is 24.4 Å². The molecule has 0 radical (unpaired) electrons. The lowest BCUT2D eigenvalue weighted by atomic mass is 10.1. The van der Waals surface area contributed by atoms with Gasteiger partial charge >= 0.3 is 0 Å². The Morgan fingerprint density at radius 2 is 1.43 bits per heavy atom. The van der Waals surface area contributed by atoms with Crippen molar-refractivity contribution in [3.63, 3.8) is 0 Å². The monoisotopic (exact) mass is 402 g/mol. The van der Waals surface area contributed by atoms with Crippen LogP contribution in [0, 0.1) is 0 Å². The zero-order valence-electron chi connectivity index (χ0n) is 17.0. The highest BCUT2D eigenvalue weighted by Gasteiger charge is 2.11. The highest BCUT2D eigenvalue weighted by atomic mass is 16.5. The van der Waals surface area contributed by atoms with Crippen LogP contribution in [0.25, 0.3) is 0 Å². The van der Waals surface area contributed by atoms with E-state index in [2.05, 4.69) is 22.8 Å². The maximum Gasteiger partial charge on any atom is 0.251 e. The van der Waals surface area contributed by atoms with E-state index in [1.165, 1.54) is 5.56 Å². The number of hydrogen-bond donors (Lipinski definition) is 2. The molecule has 0 aromatic heterocycles. The molecule has 3 rings (SSSR count). The highest BCUT2D eigenvalue weighted by Crippen LogP contribution is 2.21. The average Bonchev–Trinajstić information content (AvgIpc) is 2.78. The van der Waals surface area contributed by atoms with Crippen LogP contribution in [0.1, 0.15) is 29.3 Å². The summed E-state index contributed by atoms with van der Waals surface area (Å²) >= 11 is 0. The first-order valence-corrected chi connectivity index (χ1v) is 10.0. The molecule has 0 saturated heterocycles. The van der Waals surface area contributed by atoms with Gasteiger partial charge in [-0.2, -0.15) is 0 Å². The van der Waals surface area contributed by atoms with Crippen LogP contribution in [0.3, 0.4) is 0 Å². The number of amides is 2. The summed E-state index contributed by atoms with van der Waals surface area (Å²) in [4.78, 5) is 24.4. The lowest BCUT2D eigenvalue weighted by molar-refractivity contribution is -0.120. The zero-order valence-corrected chi connectivity index (χ0v) is 17.0. The summed E-state index contributed by atoms with van der Waals surface area (Å²) in [7, 11) is 0. The predicted molar refractivity (Wildman–Crippen MR) is 118 cm³/mol. The van der Waals surface area contributed by atoms with E-state index >= 15 is 0 Å². The van der Waals surface area contributed by atoms with E-state index in [0.29, 0.717) is 11.3 Å². The zero-order chi connectivity index (χ0) is 21.2. The van der Waals surface area contributed by atoms with Crippen molar-refractivity contribution in [1.82, 2.24) is 10.6 Å². The largest absolute Gasteiger partial charge is 0.457 e. The van der Waals surface area contributed by atoms with Gasteiger partial charge in [0.15, 0.2) is 0 Å². The third-order valence-corrected chi connectivity index (χ3v) is 4.62. The van der Waals surface area contributed by atoms with E-state index in [1.54, 1.807) is 24.3 Å². The average molecular weight is 402 g/mol. The minimum atomic E-state index is -0.298. The maximum atomic E-state index is 12.3. The minimum absolute atomic E-state index is 0.0315. The quantitative estimate of drug-likeness (QED) is 0.559. The fraction of sp³-hybridized carbons (Fsp3) is 0.200. The highest BCUT2D eigenvalue weighted by molar-refractivity contribution is 5.96. The number of ether oxygens (including phenoxy) is 1. The van der Waals surface area contributed by atoms with Gasteiger partial charge in [-0.3, -0.25) is 9.59 Å². The van der Waals surface area contributed by atoms with Crippen LogP contribution >= 0.6 is 0 Å². The molecule has 0 fully saturated rings. The molecule has 0 aliphatic carbocycles. The summed E-state index contributed by atoms with van der Waals surface area (Å²) in [5.41, 5.74) is 1.71. The van der Waals surface area contributed by atoms with E-state index in [-0.39, 0.29) is 24.4 Å². The van der Waals surface area contributed by atoms with Gasteiger partial charge in [-0.15, -0.1) is 0 Å². The molecular weight excluding hydrogens is 376 g/mol. The summed E-state index contributed by atoms with van der Waals surface area (Å²) in [5.74, 6) is 0.872. The Kier molecular flexibility index (Phi) is 7.61. The van der Waals surface area contributed by atoms with E-state index in [0.717, 1.165) is 18.6 Å². The van der Waals surface area contributed by atoms with E-state index < -0.39 is 0 Å². The predicted octanol–water partition coefficient (Wildman–Crippen LogP) is 4.35. The Morgan fingerprint density at radius 1 is 0.833 bits per heavy atom. The molecule has 5 nitrogen and oxygen atoms in total. The first-order chi connectivity index (χ1) is 14.6. The number of carbonyl (C=O) groups excluding carboxylic acids is 2. The molecule has 30 heavy (non-hydrogen) atoms. The number of aryl methyl sites for hydroxylation is 1. The molecule has 0 spiro atoms. The van der Waals surface area contributed by atoms with Crippen LogP contribution in [0.5, 0.6) is 11.5 Å². The summed E-state index contributed by atoms with van der Waals surface area (Å²) in [6.45, 7) is 1.91. The van der Waals surface area contributed by atoms with Crippen LogP contribution < -0.4 is 15.4 Å². The van der Waals surface area contributed by atoms with Gasteiger partial charge in [0.2, 0.25) is 5.91 Å². The Labute approximate surface area is 177 Å². The SMILES string of the molecule is C[C@@H](CCc1ccccc1)NC(=O)CNC(=O)c1ccc(Oc2ccccc2)cc1. The molecule has 154 valence electrons. The van der Waals surface area contributed by atoms with Crippen LogP contribution in [0.4, 0.5) is 0 Å². The first kappa shape index (κ1) is 21.1. The molecule has 0 bridgehead atoms. The normalized spacial score (nSPS) is 11.4. The lowest BCUT2D eigenvalue weighted by Gasteiger charge is -2.14. The molecule has 2 amide bonds. The summed E-state index contributed by atoms with van der Waals surface area (Å²) in [5, 5.41) is 5.57. The summed E-state index contributed by atoms with van der Waals surface area (Å²) in [6.07, 6.45) is 1.73. The fourth-order valence-electron chi connectivity index (χ4n) is 2.99. The first-order valence-electron chi connectivity index (χ1n) is 10.0. The second-order valence-electron chi connectivity index (χ2n) is 7.12. The van der Waals surface area contributed by atoms with Crippen molar-refractivity contribution < 1.29 is 14.3 Å². The molecule has 5 heteroatoms. The van der Waals surface area contributed by atoms with E-state index in [1.807, 2.05) is 55.5 Å². The van der Waals surface area contributed by atoms with Gasteiger partial charge in [0, 0.05) is 11.6 Å². The number of carbonyl (C=O) groups is 2. The van der Waals surface area contributed by atoms with Gasteiger partial charge in [-0.25, -0.2) is 0 Å². The summed E-state index contributed by atoms with van der Waals surface area (Å²) < 4.78 is 5.71. The molecule has 0 aliphatic rings. The van der Waals surface area contributed by atoms with Gasteiger partial charge in [0.25, 0.3) is 5.91 Å². The molecule has 1 atom stereocenters. The number of benzene rings is 3. The molecule has 3 aromatic rings. The molecule has 0 aliphatic heterocycles. The van der Waals surface area contributed by atoms with E-state index in [4.69, 9.17) is 4.74 Å². The lowest BCUT2D eigenvalue weighted by Crippen LogP contribution is -2.41. The topological polar surface area (TPSA) is 67.4 Å². The Balaban J connectivity index is 1.40. The number of rotatable bonds is 9. The fourth-order valence-corrected chi connectivity index (χ4v) is 2.99. The van der Waals surface area contributed by atoms with Crippen molar-refractivity contribution in [1.29, 1.82) is 0 Å². The molecule has 0 unspecified atom stereocenters. The molecule has 0 saturated carbocycles. The van der Waals surface area contributed by atoms with Crippen molar-refractivity contribution in [3.8, 4) is 11.5 Å².